The van der Waals surface area contributed by atoms with Gasteiger partial charge < -0.3 is 14.0 Å². The molecule has 34 heavy (non-hydrogen) atoms. The van der Waals surface area contributed by atoms with Crippen LogP contribution in [0.4, 0.5) is 5.69 Å². The minimum absolute atomic E-state index is 0.187. The smallest absolute Gasteiger partial charge is 0.339 e. The topological polar surface area (TPSA) is 52.8 Å². The fourth-order valence-corrected chi connectivity index (χ4v) is 4.85. The molecule has 0 saturated heterocycles. The molecule has 4 aromatic rings. The van der Waals surface area contributed by atoms with Crippen LogP contribution in [-0.2, 0) is 11.3 Å². The number of hydrogen-bond donors (Lipinski definition) is 0. The van der Waals surface area contributed by atoms with E-state index in [0.29, 0.717) is 23.7 Å². The molecular formula is C27H25ClN2O3S. The van der Waals surface area contributed by atoms with Crippen molar-refractivity contribution in [3.8, 4) is 17.0 Å². The van der Waals surface area contributed by atoms with Gasteiger partial charge in [-0.05, 0) is 67.9 Å². The summed E-state index contributed by atoms with van der Waals surface area (Å²) in [4.78, 5) is 19.4. The van der Waals surface area contributed by atoms with Crippen molar-refractivity contribution in [2.24, 2.45) is 4.99 Å². The first-order valence-corrected chi connectivity index (χ1v) is 12.2. The van der Waals surface area contributed by atoms with Gasteiger partial charge in [0, 0.05) is 4.88 Å². The van der Waals surface area contributed by atoms with Crippen LogP contribution in [0.5, 0.6) is 5.75 Å². The zero-order valence-corrected chi connectivity index (χ0v) is 20.6. The van der Waals surface area contributed by atoms with Gasteiger partial charge in [0.1, 0.15) is 12.4 Å². The number of rotatable bonds is 8. The lowest BCUT2D eigenvalue weighted by molar-refractivity contribution is 0.0491. The first kappa shape index (κ1) is 23.8. The second-order valence-corrected chi connectivity index (χ2v) is 9.05. The number of hydrogen-bond acceptors (Lipinski definition) is 5. The van der Waals surface area contributed by atoms with E-state index >= 15 is 0 Å². The third kappa shape index (κ3) is 5.58. The summed E-state index contributed by atoms with van der Waals surface area (Å²) in [7, 11) is 0. The average molecular weight is 493 g/mol. The van der Waals surface area contributed by atoms with Crippen LogP contribution in [0.1, 0.15) is 22.2 Å². The second-order valence-electron chi connectivity index (χ2n) is 7.46. The summed E-state index contributed by atoms with van der Waals surface area (Å²) in [5.74, 6) is 0.385. The molecule has 4 rings (SSSR count). The summed E-state index contributed by atoms with van der Waals surface area (Å²) in [6, 6.07) is 24.7. The summed E-state index contributed by atoms with van der Waals surface area (Å²) in [5, 5.41) is 0.376. The van der Waals surface area contributed by atoms with E-state index < -0.39 is 5.97 Å². The number of aromatic nitrogens is 1. The summed E-state index contributed by atoms with van der Waals surface area (Å²) in [5.41, 5.74) is 3.31. The fraction of sp³-hybridized carbons (Fsp3) is 0.185. The van der Waals surface area contributed by atoms with E-state index in [4.69, 9.17) is 26.1 Å². The van der Waals surface area contributed by atoms with Gasteiger partial charge in [-0.15, -0.1) is 11.3 Å². The van der Waals surface area contributed by atoms with Crippen LogP contribution in [0.2, 0.25) is 5.02 Å². The maximum absolute atomic E-state index is 12.5. The van der Waals surface area contributed by atoms with Gasteiger partial charge in [0.2, 0.25) is 0 Å². The number of aryl methyl sites for hydroxylation is 1. The minimum Gasteiger partial charge on any atom is -0.494 e. The lowest BCUT2D eigenvalue weighted by Crippen LogP contribution is -2.20. The van der Waals surface area contributed by atoms with E-state index in [1.54, 1.807) is 35.6 Å². The van der Waals surface area contributed by atoms with Gasteiger partial charge >= 0.3 is 5.97 Å². The first-order chi connectivity index (χ1) is 16.6. The van der Waals surface area contributed by atoms with Crippen LogP contribution in [0.15, 0.2) is 83.9 Å². The normalized spacial score (nSPS) is 11.4. The van der Waals surface area contributed by atoms with Gasteiger partial charge in [-0.3, -0.25) is 0 Å². The molecular weight excluding hydrogens is 468 g/mol. The highest BCUT2D eigenvalue weighted by Gasteiger charge is 2.15. The molecule has 7 heteroatoms. The third-order valence-electron chi connectivity index (χ3n) is 5.14. The van der Waals surface area contributed by atoms with Crippen molar-refractivity contribution >= 4 is 34.6 Å². The molecule has 0 spiro atoms. The van der Waals surface area contributed by atoms with Crippen LogP contribution in [0.3, 0.4) is 0 Å². The summed E-state index contributed by atoms with van der Waals surface area (Å²) < 4.78 is 13.3. The van der Waals surface area contributed by atoms with Gasteiger partial charge in [0.05, 0.1) is 35.1 Å². The average Bonchev–Trinajstić information content (AvgIpc) is 3.15. The Labute approximate surface area is 207 Å². The van der Waals surface area contributed by atoms with E-state index in [-0.39, 0.29) is 6.61 Å². The van der Waals surface area contributed by atoms with E-state index in [2.05, 4.69) is 11.5 Å². The van der Waals surface area contributed by atoms with E-state index in [0.717, 1.165) is 32.4 Å². The van der Waals surface area contributed by atoms with E-state index in [1.165, 1.54) is 0 Å². The van der Waals surface area contributed by atoms with Crippen LogP contribution in [0.25, 0.3) is 11.3 Å². The molecule has 0 amide bonds. The Balaban J connectivity index is 1.66. The van der Waals surface area contributed by atoms with Crippen LogP contribution < -0.4 is 9.54 Å². The zero-order chi connectivity index (χ0) is 23.9. The Morgan fingerprint density at radius 1 is 1.00 bits per heavy atom. The monoisotopic (exact) mass is 492 g/mol. The molecule has 0 saturated carbocycles. The highest BCUT2D eigenvalue weighted by atomic mass is 35.5. The van der Waals surface area contributed by atoms with Crippen molar-refractivity contribution in [1.29, 1.82) is 0 Å². The zero-order valence-electron chi connectivity index (χ0n) is 19.0. The molecule has 174 valence electrons. The Bertz CT molecular complexity index is 1330. The quantitative estimate of drug-likeness (QED) is 0.258. The van der Waals surface area contributed by atoms with Gasteiger partial charge in [-0.25, -0.2) is 9.79 Å². The van der Waals surface area contributed by atoms with E-state index in [9.17, 15) is 4.79 Å². The van der Waals surface area contributed by atoms with E-state index in [1.807, 2.05) is 61.5 Å². The molecule has 0 atom stereocenters. The largest absolute Gasteiger partial charge is 0.494 e. The Morgan fingerprint density at radius 2 is 1.71 bits per heavy atom. The molecule has 0 fully saturated rings. The third-order valence-corrected chi connectivity index (χ3v) is 6.46. The molecule has 1 heterocycles. The van der Waals surface area contributed by atoms with Crippen LogP contribution in [-0.4, -0.2) is 23.8 Å². The van der Waals surface area contributed by atoms with Crippen molar-refractivity contribution < 1.29 is 14.3 Å². The Hall–Kier alpha value is -3.35. The maximum Gasteiger partial charge on any atom is 0.339 e. The van der Waals surface area contributed by atoms with Gasteiger partial charge in [0.15, 0.2) is 4.80 Å². The van der Waals surface area contributed by atoms with Crippen molar-refractivity contribution in [2.75, 3.05) is 13.2 Å². The van der Waals surface area contributed by atoms with Gasteiger partial charge in [-0.2, -0.15) is 0 Å². The van der Waals surface area contributed by atoms with Crippen molar-refractivity contribution in [1.82, 2.24) is 4.57 Å². The number of esters is 1. The molecule has 0 N–H and O–H groups in total. The highest BCUT2D eigenvalue weighted by molar-refractivity contribution is 7.09. The number of ether oxygens (including phenoxy) is 2. The van der Waals surface area contributed by atoms with Crippen molar-refractivity contribution in [3.63, 3.8) is 0 Å². The SMILES string of the molecule is CCOc1ccc(-c2c(C)sc(=Nc3ccccc3)n2CCOC(=O)c2ccccc2Cl)cc1. The lowest BCUT2D eigenvalue weighted by Gasteiger charge is -2.12. The molecule has 1 aromatic heterocycles. The Morgan fingerprint density at radius 3 is 2.41 bits per heavy atom. The molecule has 0 unspecified atom stereocenters. The standard InChI is InChI=1S/C27H25ClN2O3S/c1-3-32-22-15-13-20(14-16-22)25-19(2)34-27(29-21-9-5-4-6-10-21)30(25)17-18-33-26(31)23-11-7-8-12-24(23)28/h4-16H,3,17-18H2,1-2H3. The maximum atomic E-state index is 12.5. The molecule has 0 aliphatic heterocycles. The predicted octanol–water partition coefficient (Wildman–Crippen LogP) is 6.67. The van der Waals surface area contributed by atoms with Crippen molar-refractivity contribution in [2.45, 2.75) is 20.4 Å². The number of thiazole rings is 1. The molecule has 0 aliphatic carbocycles. The highest BCUT2D eigenvalue weighted by Crippen LogP contribution is 2.28. The number of nitrogens with zero attached hydrogens (tertiary/aromatic N) is 2. The summed E-state index contributed by atoms with van der Waals surface area (Å²) in [6.07, 6.45) is 0. The van der Waals surface area contributed by atoms with Crippen LogP contribution >= 0.6 is 22.9 Å². The summed E-state index contributed by atoms with van der Waals surface area (Å²) >= 11 is 7.75. The molecule has 5 nitrogen and oxygen atoms in total. The first-order valence-electron chi connectivity index (χ1n) is 11.0. The molecule has 0 radical (unpaired) electrons. The fourth-order valence-electron chi connectivity index (χ4n) is 3.60. The molecule has 0 bridgehead atoms. The number of benzene rings is 3. The van der Waals surface area contributed by atoms with Crippen LogP contribution in [0, 0.1) is 6.92 Å². The molecule has 0 aliphatic rings. The summed E-state index contributed by atoms with van der Waals surface area (Å²) in [6.45, 7) is 5.30. The number of carbonyl (C=O) groups is 1. The van der Waals surface area contributed by atoms with Gasteiger partial charge in [0.25, 0.3) is 0 Å². The number of para-hydroxylation sites is 1. The predicted molar refractivity (Wildman–Crippen MR) is 137 cm³/mol. The number of carbonyl (C=O) groups excluding carboxylic acids is 1. The van der Waals surface area contributed by atoms with Gasteiger partial charge in [-0.1, -0.05) is 41.9 Å². The molecule has 3 aromatic carbocycles. The number of halogens is 1. The second kappa shape index (κ2) is 11.2. The lowest BCUT2D eigenvalue weighted by atomic mass is 10.1. The van der Waals surface area contributed by atoms with Crippen molar-refractivity contribution in [3.05, 3.63) is 99.1 Å². The Kier molecular flexibility index (Phi) is 7.83. The minimum atomic E-state index is -0.442.